The van der Waals surface area contributed by atoms with Gasteiger partial charge in [-0.25, -0.2) is 4.79 Å². The fourth-order valence-corrected chi connectivity index (χ4v) is 4.12. The van der Waals surface area contributed by atoms with E-state index in [0.717, 1.165) is 11.3 Å². The van der Waals surface area contributed by atoms with Crippen LogP contribution in [-0.2, 0) is 14.3 Å². The number of nitriles is 1. The van der Waals surface area contributed by atoms with Crippen LogP contribution in [0.1, 0.15) is 30.5 Å². The maximum absolute atomic E-state index is 12.8. The number of amides is 1. The van der Waals surface area contributed by atoms with Crippen LogP contribution in [0.25, 0.3) is 0 Å². The molecule has 1 aliphatic rings. The van der Waals surface area contributed by atoms with Gasteiger partial charge in [0.2, 0.25) is 0 Å². The molecule has 160 valence electrons. The van der Waals surface area contributed by atoms with E-state index in [1.54, 1.807) is 11.4 Å². The Hall–Kier alpha value is -3.96. The highest BCUT2D eigenvalue weighted by molar-refractivity contribution is 7.14. The molecule has 0 fully saturated rings. The molecule has 1 aliphatic heterocycles. The molecule has 0 bridgehead atoms. The number of nitrogens with zero attached hydrogens (tertiary/aromatic N) is 3. The van der Waals surface area contributed by atoms with Crippen LogP contribution in [0.2, 0.25) is 0 Å². The zero-order valence-electron chi connectivity index (χ0n) is 17.3. The van der Waals surface area contributed by atoms with Gasteiger partial charge in [-0.1, -0.05) is 48.5 Å². The first-order valence-corrected chi connectivity index (χ1v) is 10.9. The van der Waals surface area contributed by atoms with E-state index in [4.69, 9.17) is 10.00 Å². The molecule has 3 aromatic rings. The predicted octanol–water partition coefficient (Wildman–Crippen LogP) is 4.50. The van der Waals surface area contributed by atoms with E-state index >= 15 is 0 Å². The van der Waals surface area contributed by atoms with E-state index in [2.05, 4.69) is 10.4 Å². The van der Waals surface area contributed by atoms with Gasteiger partial charge in [0.05, 0.1) is 17.3 Å². The van der Waals surface area contributed by atoms with Crippen LogP contribution < -0.4 is 10.3 Å². The fourth-order valence-electron chi connectivity index (χ4n) is 3.38. The molecule has 1 amide bonds. The number of ether oxygens (including phenoxy) is 1. The van der Waals surface area contributed by atoms with Crippen molar-refractivity contribution in [2.45, 2.75) is 25.5 Å². The van der Waals surface area contributed by atoms with Crippen molar-refractivity contribution in [2.24, 2.45) is 5.10 Å². The Morgan fingerprint density at radius 2 is 1.84 bits per heavy atom. The summed E-state index contributed by atoms with van der Waals surface area (Å²) in [6.45, 7) is 1.49. The lowest BCUT2D eigenvalue weighted by atomic mass is 10.0. The second-order valence-corrected chi connectivity index (χ2v) is 8.09. The van der Waals surface area contributed by atoms with Gasteiger partial charge in [-0.05, 0) is 36.1 Å². The molecule has 2 atom stereocenters. The molecule has 0 radical (unpaired) electrons. The first kappa shape index (κ1) is 21.3. The van der Waals surface area contributed by atoms with Crippen LogP contribution in [0, 0.1) is 11.3 Å². The van der Waals surface area contributed by atoms with Crippen LogP contribution in [0.5, 0.6) is 0 Å². The molecule has 0 aliphatic carbocycles. The lowest BCUT2D eigenvalue weighted by Crippen LogP contribution is -2.32. The third-order valence-electron chi connectivity index (χ3n) is 5.03. The summed E-state index contributed by atoms with van der Waals surface area (Å²) >= 11 is 1.23. The van der Waals surface area contributed by atoms with E-state index in [0.29, 0.717) is 17.0 Å². The van der Waals surface area contributed by atoms with Crippen LogP contribution in [0.3, 0.4) is 0 Å². The summed E-state index contributed by atoms with van der Waals surface area (Å²) in [7, 11) is 0. The lowest BCUT2D eigenvalue weighted by molar-refractivity contribution is -0.146. The zero-order valence-corrected chi connectivity index (χ0v) is 18.1. The Bertz CT molecular complexity index is 1180. The molecular formula is C24H20N4O3S. The lowest BCUT2D eigenvalue weighted by Gasteiger charge is -2.23. The van der Waals surface area contributed by atoms with Gasteiger partial charge in [-0.3, -0.25) is 9.80 Å². The summed E-state index contributed by atoms with van der Waals surface area (Å²) < 4.78 is 5.40. The number of para-hydroxylation sites is 1. The van der Waals surface area contributed by atoms with E-state index in [9.17, 15) is 9.59 Å². The van der Waals surface area contributed by atoms with Gasteiger partial charge in [0.25, 0.3) is 5.91 Å². The van der Waals surface area contributed by atoms with Gasteiger partial charge >= 0.3 is 5.97 Å². The molecule has 0 unspecified atom stereocenters. The van der Waals surface area contributed by atoms with E-state index in [-0.39, 0.29) is 11.8 Å². The maximum atomic E-state index is 12.8. The number of hydrogen-bond acceptors (Lipinski definition) is 7. The summed E-state index contributed by atoms with van der Waals surface area (Å²) in [5.41, 5.74) is 2.49. The molecular weight excluding hydrogens is 424 g/mol. The van der Waals surface area contributed by atoms with Gasteiger partial charge in [0.1, 0.15) is 16.8 Å². The normalized spacial score (nSPS) is 16.1. The second kappa shape index (κ2) is 9.45. The minimum atomic E-state index is -1.04. The fraction of sp³-hybridized carbons (Fsp3) is 0.167. The highest BCUT2D eigenvalue weighted by Crippen LogP contribution is 2.35. The van der Waals surface area contributed by atoms with Gasteiger partial charge < -0.3 is 10.1 Å². The Balaban J connectivity index is 1.49. The molecule has 1 aromatic heterocycles. The van der Waals surface area contributed by atoms with Crippen molar-refractivity contribution in [3.63, 3.8) is 0 Å². The summed E-state index contributed by atoms with van der Waals surface area (Å²) in [4.78, 5) is 25.3. The van der Waals surface area contributed by atoms with Crippen molar-refractivity contribution in [1.29, 1.82) is 5.26 Å². The van der Waals surface area contributed by atoms with E-state index in [1.807, 2.05) is 71.7 Å². The topological polar surface area (TPSA) is 94.8 Å². The molecule has 1 N–H and O–H groups in total. The summed E-state index contributed by atoms with van der Waals surface area (Å²) in [5.74, 6) is -1.14. The number of esters is 1. The molecule has 0 saturated heterocycles. The highest BCUT2D eigenvalue weighted by atomic mass is 32.1. The third-order valence-corrected chi connectivity index (χ3v) is 5.86. The molecule has 4 rings (SSSR count). The largest absolute Gasteiger partial charge is 0.448 e. The number of rotatable bonds is 6. The summed E-state index contributed by atoms with van der Waals surface area (Å²) in [5, 5.41) is 20.2. The van der Waals surface area contributed by atoms with Crippen LogP contribution in [0.15, 0.2) is 77.2 Å². The highest BCUT2D eigenvalue weighted by Gasteiger charge is 2.34. The van der Waals surface area contributed by atoms with Gasteiger partial charge in [0, 0.05) is 6.42 Å². The first-order valence-electron chi connectivity index (χ1n) is 10.0. The van der Waals surface area contributed by atoms with Crippen molar-refractivity contribution in [3.8, 4) is 6.07 Å². The smallest absolute Gasteiger partial charge is 0.355 e. The number of benzene rings is 2. The van der Waals surface area contributed by atoms with Crippen molar-refractivity contribution < 1.29 is 14.3 Å². The quantitative estimate of drug-likeness (QED) is 0.565. The number of hydrazone groups is 1. The van der Waals surface area contributed by atoms with Crippen molar-refractivity contribution in [3.05, 3.63) is 83.2 Å². The number of thiophene rings is 1. The number of nitrogens with one attached hydrogen (secondary N) is 1. The number of carbonyl (C=O) groups excluding carboxylic acids is 2. The van der Waals surface area contributed by atoms with Crippen LogP contribution in [-0.4, -0.2) is 23.7 Å². The van der Waals surface area contributed by atoms with E-state index in [1.165, 1.54) is 18.3 Å². The minimum Gasteiger partial charge on any atom is -0.448 e. The Morgan fingerprint density at radius 1 is 1.16 bits per heavy atom. The molecule has 0 saturated carbocycles. The van der Waals surface area contributed by atoms with Crippen LogP contribution in [0.4, 0.5) is 10.7 Å². The average molecular weight is 445 g/mol. The van der Waals surface area contributed by atoms with Gasteiger partial charge in [0.15, 0.2) is 6.10 Å². The Morgan fingerprint density at radius 3 is 2.53 bits per heavy atom. The molecule has 2 aromatic carbocycles. The van der Waals surface area contributed by atoms with Crippen molar-refractivity contribution >= 4 is 39.6 Å². The molecule has 32 heavy (non-hydrogen) atoms. The molecule has 7 nitrogen and oxygen atoms in total. The SMILES string of the molecule is C[C@@H](OC(=O)C1=NN(c2ccccc2)[C@H](c2ccccc2)C1)C(=O)Nc1sccc1C#N. The number of hydrogen-bond donors (Lipinski definition) is 1. The maximum Gasteiger partial charge on any atom is 0.355 e. The first-order chi connectivity index (χ1) is 15.6. The summed E-state index contributed by atoms with van der Waals surface area (Å²) in [6, 6.07) is 22.9. The van der Waals surface area contributed by atoms with Crippen molar-refractivity contribution in [2.75, 3.05) is 10.3 Å². The second-order valence-electron chi connectivity index (χ2n) is 7.17. The number of anilines is 2. The Labute approximate surface area is 189 Å². The molecule has 8 heteroatoms. The molecule has 0 spiro atoms. The monoisotopic (exact) mass is 444 g/mol. The van der Waals surface area contributed by atoms with Gasteiger partial charge in [-0.15, -0.1) is 11.3 Å². The Kier molecular flexibility index (Phi) is 6.29. The van der Waals surface area contributed by atoms with E-state index < -0.39 is 18.0 Å². The zero-order chi connectivity index (χ0) is 22.5. The van der Waals surface area contributed by atoms with Crippen LogP contribution >= 0.6 is 11.3 Å². The predicted molar refractivity (Wildman–Crippen MR) is 123 cm³/mol. The van der Waals surface area contributed by atoms with Gasteiger partial charge in [-0.2, -0.15) is 10.4 Å². The molecule has 2 heterocycles. The number of carbonyl (C=O) groups is 2. The minimum absolute atomic E-state index is 0.158. The average Bonchev–Trinajstić information content (AvgIpc) is 3.47. The van der Waals surface area contributed by atoms with Crippen molar-refractivity contribution in [1.82, 2.24) is 0 Å². The third kappa shape index (κ3) is 4.53. The standard InChI is InChI=1S/C24H20N4O3S/c1-16(22(29)26-23-18(15-25)12-13-32-23)31-24(30)20-14-21(17-8-4-2-5-9-17)28(27-20)19-10-6-3-7-11-19/h2-13,16,21H,14H2,1H3,(H,26,29)/t16-,21+/m1/s1. The summed E-state index contributed by atoms with van der Waals surface area (Å²) in [6.07, 6.45) is -0.685.